The van der Waals surface area contributed by atoms with Crippen molar-refractivity contribution in [1.29, 1.82) is 0 Å². The molecule has 3 rings (SSSR count). The van der Waals surface area contributed by atoms with Gasteiger partial charge in [-0.25, -0.2) is 4.98 Å². The molecule has 0 aliphatic carbocycles. The molecular formula is C13H19N7O2S. The van der Waals surface area contributed by atoms with Crippen molar-refractivity contribution in [2.24, 2.45) is 0 Å². The molecule has 0 saturated carbocycles. The first kappa shape index (κ1) is 15.9. The lowest BCUT2D eigenvalue weighted by atomic mass is 10.3. The average molecular weight is 337 g/mol. The van der Waals surface area contributed by atoms with E-state index < -0.39 is 0 Å². The van der Waals surface area contributed by atoms with Gasteiger partial charge in [0, 0.05) is 39.6 Å². The average Bonchev–Trinajstić information content (AvgIpc) is 3.22. The number of aryl methyl sites for hydroxylation is 1. The highest BCUT2D eigenvalue weighted by atomic mass is 32.2. The Morgan fingerprint density at radius 3 is 2.74 bits per heavy atom. The van der Waals surface area contributed by atoms with Gasteiger partial charge in [0.25, 0.3) is 5.22 Å². The van der Waals surface area contributed by atoms with Crippen LogP contribution in [0.15, 0.2) is 22.3 Å². The number of hydrogen-bond acceptors (Lipinski definition) is 8. The van der Waals surface area contributed by atoms with Crippen LogP contribution < -0.4 is 0 Å². The van der Waals surface area contributed by atoms with E-state index in [0.717, 1.165) is 39.3 Å². The molecule has 23 heavy (non-hydrogen) atoms. The summed E-state index contributed by atoms with van der Waals surface area (Å²) in [6.07, 6.45) is 3.26. The smallest absolute Gasteiger partial charge is 0.277 e. The summed E-state index contributed by atoms with van der Waals surface area (Å²) in [5, 5.41) is 12.2. The molecule has 0 aromatic carbocycles. The van der Waals surface area contributed by atoms with Crippen molar-refractivity contribution in [3.8, 4) is 0 Å². The molecule has 124 valence electrons. The lowest BCUT2D eigenvalue weighted by Crippen LogP contribution is -2.49. The summed E-state index contributed by atoms with van der Waals surface area (Å²) < 4.78 is 7.07. The molecule has 0 spiro atoms. The van der Waals surface area contributed by atoms with Gasteiger partial charge in [0.2, 0.25) is 11.8 Å². The summed E-state index contributed by atoms with van der Waals surface area (Å²) >= 11 is 1.29. The van der Waals surface area contributed by atoms with Gasteiger partial charge in [-0.2, -0.15) is 5.10 Å². The third-order valence-electron chi connectivity index (χ3n) is 3.66. The molecule has 1 aliphatic heterocycles. The highest BCUT2D eigenvalue weighted by Crippen LogP contribution is 2.16. The molecule has 1 saturated heterocycles. The molecule has 0 bridgehead atoms. The van der Waals surface area contributed by atoms with E-state index in [1.807, 2.05) is 9.58 Å². The zero-order valence-corrected chi connectivity index (χ0v) is 13.8. The van der Waals surface area contributed by atoms with Crippen LogP contribution >= 0.6 is 11.8 Å². The van der Waals surface area contributed by atoms with Crippen molar-refractivity contribution in [3.63, 3.8) is 0 Å². The predicted molar refractivity (Wildman–Crippen MR) is 82.8 cm³/mol. The van der Waals surface area contributed by atoms with Gasteiger partial charge >= 0.3 is 0 Å². The highest BCUT2D eigenvalue weighted by Gasteiger charge is 2.21. The van der Waals surface area contributed by atoms with Gasteiger partial charge in [-0.15, -0.1) is 10.2 Å². The number of nitrogens with zero attached hydrogens (tertiary/aromatic N) is 7. The lowest BCUT2D eigenvalue weighted by molar-refractivity contribution is -0.130. The Labute approximate surface area is 138 Å². The summed E-state index contributed by atoms with van der Waals surface area (Å²) in [4.78, 5) is 20.4. The van der Waals surface area contributed by atoms with Crippen LogP contribution in [-0.4, -0.2) is 79.1 Å². The minimum Gasteiger partial charge on any atom is -0.416 e. The Kier molecular flexibility index (Phi) is 5.23. The fourth-order valence-electron chi connectivity index (χ4n) is 2.36. The van der Waals surface area contributed by atoms with Crippen LogP contribution in [0.3, 0.4) is 0 Å². The van der Waals surface area contributed by atoms with Gasteiger partial charge < -0.3 is 9.32 Å². The first-order chi connectivity index (χ1) is 11.2. The van der Waals surface area contributed by atoms with E-state index in [1.54, 1.807) is 19.6 Å². The minimum absolute atomic E-state index is 0.113. The van der Waals surface area contributed by atoms with Gasteiger partial charge in [-0.05, 0) is 0 Å². The summed E-state index contributed by atoms with van der Waals surface area (Å²) in [6.45, 7) is 6.73. The molecule has 1 aliphatic rings. The fraction of sp³-hybridized carbons (Fsp3) is 0.615. The van der Waals surface area contributed by atoms with Crippen molar-refractivity contribution in [3.05, 3.63) is 18.5 Å². The molecule has 0 N–H and O–H groups in total. The third-order valence-corrected chi connectivity index (χ3v) is 4.47. The molecule has 0 atom stereocenters. The van der Waals surface area contributed by atoms with Crippen LogP contribution in [0.1, 0.15) is 5.89 Å². The van der Waals surface area contributed by atoms with Crippen molar-refractivity contribution in [2.45, 2.75) is 18.7 Å². The molecule has 1 fully saturated rings. The molecule has 3 heterocycles. The number of piperazine rings is 1. The maximum Gasteiger partial charge on any atom is 0.277 e. The van der Waals surface area contributed by atoms with Crippen LogP contribution in [0.4, 0.5) is 0 Å². The summed E-state index contributed by atoms with van der Waals surface area (Å²) in [5.41, 5.74) is 0. The van der Waals surface area contributed by atoms with Crippen molar-refractivity contribution in [2.75, 3.05) is 38.5 Å². The minimum atomic E-state index is 0.113. The lowest BCUT2D eigenvalue weighted by Gasteiger charge is -2.34. The molecule has 9 nitrogen and oxygen atoms in total. The van der Waals surface area contributed by atoms with Crippen LogP contribution in [0.5, 0.6) is 0 Å². The normalized spacial score (nSPS) is 16.0. The maximum absolute atomic E-state index is 12.2. The zero-order valence-electron chi connectivity index (χ0n) is 13.0. The van der Waals surface area contributed by atoms with E-state index in [2.05, 4.69) is 25.2 Å². The summed E-state index contributed by atoms with van der Waals surface area (Å²) in [5.74, 6) is 0.961. The third kappa shape index (κ3) is 4.52. The molecule has 0 unspecified atom stereocenters. The van der Waals surface area contributed by atoms with Crippen LogP contribution in [-0.2, 0) is 11.3 Å². The number of thioether (sulfide) groups is 1. The molecule has 0 radical (unpaired) electrons. The Hall–Kier alpha value is -1.94. The number of aromatic nitrogens is 5. The Morgan fingerprint density at radius 1 is 1.26 bits per heavy atom. The van der Waals surface area contributed by atoms with E-state index in [-0.39, 0.29) is 5.91 Å². The maximum atomic E-state index is 12.2. The van der Waals surface area contributed by atoms with E-state index in [1.165, 1.54) is 11.8 Å². The van der Waals surface area contributed by atoms with Crippen LogP contribution in [0.25, 0.3) is 0 Å². The van der Waals surface area contributed by atoms with Crippen LogP contribution in [0.2, 0.25) is 0 Å². The fourth-order valence-corrected chi connectivity index (χ4v) is 3.07. The summed E-state index contributed by atoms with van der Waals surface area (Å²) in [6, 6.07) is 0. The first-order valence-electron chi connectivity index (χ1n) is 7.46. The molecular weight excluding hydrogens is 318 g/mol. The highest BCUT2D eigenvalue weighted by molar-refractivity contribution is 7.99. The van der Waals surface area contributed by atoms with Gasteiger partial charge in [-0.3, -0.25) is 14.4 Å². The zero-order chi connectivity index (χ0) is 16.1. The second-order valence-electron chi connectivity index (χ2n) is 5.26. The van der Waals surface area contributed by atoms with Gasteiger partial charge in [-0.1, -0.05) is 11.8 Å². The summed E-state index contributed by atoms with van der Waals surface area (Å²) in [7, 11) is 0. The SMILES string of the molecule is Cc1nnc(SCC(=O)N2CCN(CCn3cncn3)CC2)o1. The second kappa shape index (κ2) is 7.55. The number of hydrogen-bond donors (Lipinski definition) is 0. The largest absolute Gasteiger partial charge is 0.416 e. The van der Waals surface area contributed by atoms with E-state index in [0.29, 0.717) is 16.9 Å². The van der Waals surface area contributed by atoms with Crippen molar-refractivity contribution in [1.82, 2.24) is 34.8 Å². The second-order valence-corrected chi connectivity index (χ2v) is 6.18. The number of amides is 1. The monoisotopic (exact) mass is 337 g/mol. The topological polar surface area (TPSA) is 93.2 Å². The Bertz CT molecular complexity index is 622. The molecule has 2 aromatic heterocycles. The van der Waals surface area contributed by atoms with Crippen molar-refractivity contribution >= 4 is 17.7 Å². The quantitative estimate of drug-likeness (QED) is 0.675. The standard InChI is InChI=1S/C13H19N7O2S/c1-11-16-17-13(22-11)23-8-12(21)19-5-2-18(3-6-19)4-7-20-10-14-9-15-20/h9-10H,2-8H2,1H3. The van der Waals surface area contributed by atoms with Crippen molar-refractivity contribution < 1.29 is 9.21 Å². The molecule has 10 heteroatoms. The molecule has 1 amide bonds. The first-order valence-corrected chi connectivity index (χ1v) is 8.45. The van der Waals surface area contributed by atoms with E-state index in [9.17, 15) is 4.79 Å². The predicted octanol–water partition coefficient (Wildman–Crippen LogP) is -0.0940. The van der Waals surface area contributed by atoms with Gasteiger partial charge in [0.05, 0.1) is 12.3 Å². The van der Waals surface area contributed by atoms with Crippen LogP contribution in [0, 0.1) is 6.92 Å². The number of carbonyl (C=O) groups is 1. The number of rotatable bonds is 6. The Morgan fingerprint density at radius 2 is 2.09 bits per heavy atom. The van der Waals surface area contributed by atoms with E-state index in [4.69, 9.17) is 4.42 Å². The number of carbonyl (C=O) groups excluding carboxylic acids is 1. The van der Waals surface area contributed by atoms with E-state index >= 15 is 0 Å². The van der Waals surface area contributed by atoms with Gasteiger partial charge in [0.1, 0.15) is 12.7 Å². The van der Waals surface area contributed by atoms with Gasteiger partial charge in [0.15, 0.2) is 0 Å². The molecule has 2 aromatic rings. The Balaban J connectivity index is 1.37.